The number of halogens is 3. The molecular weight excluding hydrogens is 386 g/mol. The third-order valence-electron chi connectivity index (χ3n) is 4.95. The average Bonchev–Trinajstić information content (AvgIpc) is 3.16. The van der Waals surface area contributed by atoms with E-state index in [4.69, 9.17) is 11.6 Å². The highest BCUT2D eigenvalue weighted by Crippen LogP contribution is 2.39. The van der Waals surface area contributed by atoms with Crippen LogP contribution in [-0.2, 0) is 0 Å². The second kappa shape index (κ2) is 7.31. The van der Waals surface area contributed by atoms with Gasteiger partial charge in [-0.15, -0.1) is 0 Å². The molecule has 0 spiro atoms. The molecule has 8 heteroatoms. The number of nitrogens with one attached hydrogen (secondary N) is 1. The number of benzene rings is 2. The van der Waals surface area contributed by atoms with E-state index in [0.29, 0.717) is 23.0 Å². The molecule has 5 nitrogen and oxygen atoms in total. The number of aryl methyl sites for hydroxylation is 1. The zero-order chi connectivity index (χ0) is 19.8. The maximum absolute atomic E-state index is 13.1. The van der Waals surface area contributed by atoms with Crippen LogP contribution in [-0.4, -0.2) is 27.0 Å². The van der Waals surface area contributed by atoms with E-state index >= 15 is 0 Å². The molecule has 0 aliphatic carbocycles. The number of aromatic nitrogens is 3. The third-order valence-corrected chi connectivity index (χ3v) is 5.18. The Labute approximate surface area is 165 Å². The van der Waals surface area contributed by atoms with Crippen molar-refractivity contribution >= 4 is 23.3 Å². The number of carbonyl (C=O) groups is 1. The zero-order valence-corrected chi connectivity index (χ0v) is 15.7. The molecule has 1 aliphatic rings. The molecule has 1 aliphatic heterocycles. The molecule has 2 aromatic carbocycles. The molecule has 2 heterocycles. The van der Waals surface area contributed by atoms with Crippen LogP contribution < -0.4 is 5.32 Å². The molecule has 144 valence electrons. The molecule has 0 amide bonds. The Balaban J connectivity index is 1.80. The van der Waals surface area contributed by atoms with Crippen LogP contribution in [0.1, 0.15) is 45.6 Å². The van der Waals surface area contributed by atoms with Gasteiger partial charge in [0.05, 0.1) is 12.1 Å². The summed E-state index contributed by atoms with van der Waals surface area (Å²) in [6.45, 7) is 2.01. The monoisotopic (exact) mass is 402 g/mol. The van der Waals surface area contributed by atoms with Crippen LogP contribution in [0.4, 0.5) is 14.7 Å². The van der Waals surface area contributed by atoms with E-state index in [1.54, 1.807) is 10.7 Å². The summed E-state index contributed by atoms with van der Waals surface area (Å²) in [7, 11) is 0. The third kappa shape index (κ3) is 3.38. The van der Waals surface area contributed by atoms with Crippen LogP contribution in [0.2, 0.25) is 5.02 Å². The van der Waals surface area contributed by atoms with Gasteiger partial charge in [-0.25, -0.2) is 13.5 Å². The van der Waals surface area contributed by atoms with Gasteiger partial charge in [0.25, 0.3) is 0 Å². The van der Waals surface area contributed by atoms with Crippen molar-refractivity contribution in [2.45, 2.75) is 31.9 Å². The average molecular weight is 403 g/mol. The fourth-order valence-corrected chi connectivity index (χ4v) is 3.73. The summed E-state index contributed by atoms with van der Waals surface area (Å²) in [6, 6.07) is 11.8. The lowest BCUT2D eigenvalue weighted by Gasteiger charge is -2.32. The predicted octanol–water partition coefficient (Wildman–Crippen LogP) is 4.83. The second-order valence-electron chi connectivity index (χ2n) is 6.78. The van der Waals surface area contributed by atoms with Crippen molar-refractivity contribution in [3.05, 3.63) is 76.1 Å². The van der Waals surface area contributed by atoms with Crippen LogP contribution in [0, 0.1) is 6.92 Å². The Hall–Kier alpha value is -2.80. The van der Waals surface area contributed by atoms with E-state index in [0.717, 1.165) is 11.1 Å². The van der Waals surface area contributed by atoms with Crippen molar-refractivity contribution in [3.63, 3.8) is 0 Å². The molecule has 2 atom stereocenters. The molecule has 1 aromatic heterocycles. The first-order valence-electron chi connectivity index (χ1n) is 8.78. The van der Waals surface area contributed by atoms with E-state index < -0.39 is 18.3 Å². The largest absolute Gasteiger partial charge is 0.348 e. The Morgan fingerprint density at radius 2 is 2.00 bits per heavy atom. The Morgan fingerprint density at radius 3 is 2.71 bits per heavy atom. The Morgan fingerprint density at radius 1 is 1.25 bits per heavy atom. The fourth-order valence-electron chi connectivity index (χ4n) is 3.55. The van der Waals surface area contributed by atoms with Crippen LogP contribution in [0.15, 0.2) is 48.8 Å². The summed E-state index contributed by atoms with van der Waals surface area (Å²) in [5.41, 5.74) is 2.55. The lowest BCUT2D eigenvalue weighted by atomic mass is 9.89. The number of hydrogen-bond acceptors (Lipinski definition) is 4. The van der Waals surface area contributed by atoms with Gasteiger partial charge in [-0.2, -0.15) is 10.1 Å². The van der Waals surface area contributed by atoms with Crippen molar-refractivity contribution in [2.24, 2.45) is 0 Å². The van der Waals surface area contributed by atoms with Crippen LogP contribution in [0.25, 0.3) is 0 Å². The molecule has 0 radical (unpaired) electrons. The summed E-state index contributed by atoms with van der Waals surface area (Å²) in [5.74, 6) is -0.712. The highest BCUT2D eigenvalue weighted by molar-refractivity contribution is 6.30. The Bertz CT molecular complexity index is 1020. The van der Waals surface area contributed by atoms with Crippen molar-refractivity contribution < 1.29 is 13.6 Å². The number of nitrogens with zero attached hydrogens (tertiary/aromatic N) is 3. The maximum atomic E-state index is 13.1. The highest BCUT2D eigenvalue weighted by Gasteiger charge is 2.33. The Kier molecular flexibility index (Phi) is 4.85. The quantitative estimate of drug-likeness (QED) is 0.635. The van der Waals surface area contributed by atoms with Crippen molar-refractivity contribution in [2.75, 3.05) is 5.32 Å². The smallest absolute Gasteiger partial charge is 0.300 e. The number of hydrogen-bond donors (Lipinski definition) is 1. The number of ketones is 1. The predicted molar refractivity (Wildman–Crippen MR) is 102 cm³/mol. The van der Waals surface area contributed by atoms with E-state index in [2.05, 4.69) is 15.4 Å². The normalized spacial score (nSPS) is 18.6. The summed E-state index contributed by atoms with van der Waals surface area (Å²) in [6.07, 6.45) is -1.19. The first-order chi connectivity index (χ1) is 13.4. The van der Waals surface area contributed by atoms with Gasteiger partial charge in [-0.1, -0.05) is 41.4 Å². The number of Topliss-reactive ketones (excluding diaryl/α,β-unsaturated/α-hetero) is 1. The molecular formula is C20H17ClF2N4O. The molecule has 3 aromatic rings. The van der Waals surface area contributed by atoms with Crippen molar-refractivity contribution in [3.8, 4) is 0 Å². The first-order valence-corrected chi connectivity index (χ1v) is 9.16. The summed E-state index contributed by atoms with van der Waals surface area (Å²) >= 11 is 6.13. The van der Waals surface area contributed by atoms with Gasteiger partial charge in [0.2, 0.25) is 11.7 Å². The minimum atomic E-state index is -3.09. The SMILES string of the molecule is Cc1ccc([C@H]2C[C@@H](c3cc(Cl)ccc3C(=O)C(F)F)n3ncnc3N2)cc1. The topological polar surface area (TPSA) is 59.8 Å². The fraction of sp³-hybridized carbons (Fsp3) is 0.250. The molecule has 0 saturated heterocycles. The van der Waals surface area contributed by atoms with Gasteiger partial charge < -0.3 is 5.32 Å². The first kappa shape index (κ1) is 18.6. The molecule has 0 saturated carbocycles. The van der Waals surface area contributed by atoms with E-state index in [9.17, 15) is 13.6 Å². The lowest BCUT2D eigenvalue weighted by molar-refractivity contribution is 0.0676. The molecule has 0 bridgehead atoms. The standard InChI is InChI=1S/C20H17ClF2N4O/c1-11-2-4-12(5-3-11)16-9-17(27-20(26-16)24-10-25-27)15-8-13(21)6-7-14(15)18(28)19(22)23/h2-8,10,16-17,19H,9H2,1H3,(H,24,25,26)/t16-,17+/m1/s1. The minimum Gasteiger partial charge on any atom is -0.348 e. The van der Waals surface area contributed by atoms with E-state index in [-0.39, 0.29) is 11.6 Å². The van der Waals surface area contributed by atoms with Gasteiger partial charge in [0.1, 0.15) is 6.33 Å². The highest BCUT2D eigenvalue weighted by atomic mass is 35.5. The van der Waals surface area contributed by atoms with Crippen LogP contribution in [0.3, 0.4) is 0 Å². The minimum absolute atomic E-state index is 0.0459. The summed E-state index contributed by atoms with van der Waals surface area (Å²) < 4.78 is 27.9. The zero-order valence-electron chi connectivity index (χ0n) is 14.9. The van der Waals surface area contributed by atoms with Crippen LogP contribution >= 0.6 is 11.6 Å². The molecule has 4 rings (SSSR count). The summed E-state index contributed by atoms with van der Waals surface area (Å²) in [4.78, 5) is 16.3. The van der Waals surface area contributed by atoms with Gasteiger partial charge >= 0.3 is 6.43 Å². The van der Waals surface area contributed by atoms with Gasteiger partial charge in [0.15, 0.2) is 0 Å². The number of anilines is 1. The van der Waals surface area contributed by atoms with E-state index in [1.807, 2.05) is 31.2 Å². The second-order valence-corrected chi connectivity index (χ2v) is 7.22. The number of carbonyl (C=O) groups excluding carboxylic acids is 1. The summed E-state index contributed by atoms with van der Waals surface area (Å²) in [5, 5.41) is 7.92. The number of fused-ring (bicyclic) bond motifs is 1. The molecule has 0 unspecified atom stereocenters. The van der Waals surface area contributed by atoms with Crippen LogP contribution in [0.5, 0.6) is 0 Å². The van der Waals surface area contributed by atoms with E-state index in [1.165, 1.54) is 18.5 Å². The number of rotatable bonds is 4. The van der Waals surface area contributed by atoms with Gasteiger partial charge in [0, 0.05) is 10.6 Å². The van der Waals surface area contributed by atoms with Gasteiger partial charge in [-0.05, 0) is 42.7 Å². The molecule has 1 N–H and O–H groups in total. The molecule has 0 fully saturated rings. The van der Waals surface area contributed by atoms with Crippen molar-refractivity contribution in [1.29, 1.82) is 0 Å². The lowest BCUT2D eigenvalue weighted by Crippen LogP contribution is -2.29. The maximum Gasteiger partial charge on any atom is 0.300 e. The number of alkyl halides is 2. The van der Waals surface area contributed by atoms with Crippen molar-refractivity contribution in [1.82, 2.24) is 14.8 Å². The van der Waals surface area contributed by atoms with Gasteiger partial charge in [-0.3, -0.25) is 4.79 Å². The molecule has 28 heavy (non-hydrogen) atoms.